The topological polar surface area (TPSA) is 66.6 Å². The van der Waals surface area contributed by atoms with Crippen molar-refractivity contribution in [2.24, 2.45) is 5.92 Å². The van der Waals surface area contributed by atoms with Gasteiger partial charge in [-0.15, -0.1) is 0 Å². The van der Waals surface area contributed by atoms with Crippen LogP contribution in [0.15, 0.2) is 18.2 Å². The lowest BCUT2D eigenvalue weighted by atomic mass is 9.95. The number of rotatable bonds is 4. The van der Waals surface area contributed by atoms with Gasteiger partial charge in [0, 0.05) is 19.2 Å². The molecule has 1 aromatic rings. The Balaban J connectivity index is 2.32. The molecule has 1 fully saturated rings. The summed E-state index contributed by atoms with van der Waals surface area (Å²) in [6.45, 7) is 5.53. The van der Waals surface area contributed by atoms with Gasteiger partial charge in [-0.1, -0.05) is 19.4 Å². The van der Waals surface area contributed by atoms with Crippen LogP contribution in [0.5, 0.6) is 0 Å². The maximum absolute atomic E-state index is 11.3. The van der Waals surface area contributed by atoms with Crippen molar-refractivity contribution in [2.45, 2.75) is 39.2 Å². The maximum atomic E-state index is 11.3. The highest BCUT2D eigenvalue weighted by Gasteiger charge is 2.25. The predicted octanol–water partition coefficient (Wildman–Crippen LogP) is 3.27. The zero-order valence-corrected chi connectivity index (χ0v) is 12.1. The number of aliphatic hydroxyl groups excluding tert-OH is 1. The van der Waals surface area contributed by atoms with Gasteiger partial charge >= 0.3 is 0 Å². The second-order valence-electron chi connectivity index (χ2n) is 5.54. The zero-order valence-electron chi connectivity index (χ0n) is 12.1. The molecule has 0 spiro atoms. The molecule has 1 aliphatic rings. The highest BCUT2D eigenvalue weighted by molar-refractivity contribution is 5.64. The summed E-state index contributed by atoms with van der Waals surface area (Å²) in [6, 6.07) is 5.05. The first kappa shape index (κ1) is 14.8. The first-order valence-corrected chi connectivity index (χ1v) is 7.24. The normalized spacial score (nSPS) is 20.8. The summed E-state index contributed by atoms with van der Waals surface area (Å²) in [5.74, 6) is 0.611. The summed E-state index contributed by atoms with van der Waals surface area (Å²) in [6.07, 6.45) is 2.70. The van der Waals surface area contributed by atoms with E-state index < -0.39 is 6.10 Å². The molecule has 1 unspecified atom stereocenters. The molecule has 0 saturated carbocycles. The van der Waals surface area contributed by atoms with E-state index in [0.29, 0.717) is 17.2 Å². The van der Waals surface area contributed by atoms with Gasteiger partial charge in [-0.25, -0.2) is 0 Å². The van der Waals surface area contributed by atoms with Gasteiger partial charge < -0.3 is 10.0 Å². The molecule has 0 radical (unpaired) electrons. The third kappa shape index (κ3) is 3.10. The van der Waals surface area contributed by atoms with Crippen molar-refractivity contribution in [3.05, 3.63) is 33.9 Å². The molecule has 2 atom stereocenters. The van der Waals surface area contributed by atoms with E-state index in [0.717, 1.165) is 25.9 Å². The van der Waals surface area contributed by atoms with E-state index in [-0.39, 0.29) is 10.6 Å². The van der Waals surface area contributed by atoms with Gasteiger partial charge in [-0.05, 0) is 37.3 Å². The molecular formula is C15H22N2O3. The molecule has 110 valence electrons. The van der Waals surface area contributed by atoms with Crippen LogP contribution >= 0.6 is 0 Å². The van der Waals surface area contributed by atoms with Crippen molar-refractivity contribution < 1.29 is 10.0 Å². The summed E-state index contributed by atoms with van der Waals surface area (Å²) < 4.78 is 0. The maximum Gasteiger partial charge on any atom is 0.292 e. The number of benzene rings is 1. The number of nitro benzene ring substituents is 1. The summed E-state index contributed by atoms with van der Waals surface area (Å²) in [5, 5.41) is 20.9. The average molecular weight is 278 g/mol. The van der Waals surface area contributed by atoms with E-state index in [2.05, 4.69) is 11.8 Å². The van der Waals surface area contributed by atoms with Gasteiger partial charge in [-0.3, -0.25) is 10.1 Å². The van der Waals surface area contributed by atoms with Crippen LogP contribution < -0.4 is 4.90 Å². The van der Waals surface area contributed by atoms with E-state index in [1.165, 1.54) is 12.5 Å². The highest BCUT2D eigenvalue weighted by Crippen LogP contribution is 2.34. The fraction of sp³-hybridized carbons (Fsp3) is 0.600. The lowest BCUT2D eigenvalue weighted by Crippen LogP contribution is -2.35. The number of nitro groups is 1. The molecule has 0 bridgehead atoms. The second-order valence-corrected chi connectivity index (χ2v) is 5.54. The molecule has 2 rings (SSSR count). The number of nitrogens with zero attached hydrogens (tertiary/aromatic N) is 2. The Kier molecular flexibility index (Phi) is 4.60. The van der Waals surface area contributed by atoms with Crippen LogP contribution in [-0.4, -0.2) is 23.1 Å². The van der Waals surface area contributed by atoms with Crippen LogP contribution in [0.25, 0.3) is 0 Å². The van der Waals surface area contributed by atoms with Crippen molar-refractivity contribution in [1.82, 2.24) is 0 Å². The average Bonchev–Trinajstić information content (AvgIpc) is 2.46. The van der Waals surface area contributed by atoms with Crippen LogP contribution in [0.2, 0.25) is 0 Å². The van der Waals surface area contributed by atoms with Crippen LogP contribution in [0.3, 0.4) is 0 Å². The Morgan fingerprint density at radius 2 is 2.30 bits per heavy atom. The van der Waals surface area contributed by atoms with Gasteiger partial charge in [-0.2, -0.15) is 0 Å². The van der Waals surface area contributed by atoms with Gasteiger partial charge in [0.25, 0.3) is 5.69 Å². The molecule has 1 aromatic carbocycles. The molecule has 1 N–H and O–H groups in total. The molecule has 1 heterocycles. The number of piperidine rings is 1. The van der Waals surface area contributed by atoms with Gasteiger partial charge in [0.2, 0.25) is 0 Å². The van der Waals surface area contributed by atoms with Crippen LogP contribution in [-0.2, 0) is 0 Å². The minimum atomic E-state index is -0.688. The van der Waals surface area contributed by atoms with Gasteiger partial charge in [0.15, 0.2) is 0 Å². The predicted molar refractivity (Wildman–Crippen MR) is 79.0 cm³/mol. The van der Waals surface area contributed by atoms with Gasteiger partial charge in [0.1, 0.15) is 5.69 Å². The SMILES string of the molecule is CCC1CCCN(c2ccc([C@H](C)O)cc2[N+](=O)[O-])C1. The van der Waals surface area contributed by atoms with Crippen LogP contribution in [0.1, 0.15) is 44.8 Å². The quantitative estimate of drug-likeness (QED) is 0.678. The van der Waals surface area contributed by atoms with Crippen molar-refractivity contribution in [3.8, 4) is 0 Å². The summed E-state index contributed by atoms with van der Waals surface area (Å²) in [5.41, 5.74) is 1.36. The van der Waals surface area contributed by atoms with Crippen molar-refractivity contribution in [2.75, 3.05) is 18.0 Å². The lowest BCUT2D eigenvalue weighted by molar-refractivity contribution is -0.384. The summed E-state index contributed by atoms with van der Waals surface area (Å²) in [7, 11) is 0. The largest absolute Gasteiger partial charge is 0.389 e. The summed E-state index contributed by atoms with van der Waals surface area (Å²) in [4.78, 5) is 13.0. The van der Waals surface area contributed by atoms with Crippen LogP contribution in [0, 0.1) is 16.0 Å². The third-order valence-corrected chi connectivity index (χ3v) is 4.12. The molecule has 0 aromatic heterocycles. The molecule has 5 heteroatoms. The first-order chi connectivity index (χ1) is 9.52. The number of anilines is 1. The molecule has 0 aliphatic carbocycles. The Morgan fingerprint density at radius 3 is 2.90 bits per heavy atom. The monoisotopic (exact) mass is 278 g/mol. The smallest absolute Gasteiger partial charge is 0.292 e. The van der Waals surface area contributed by atoms with E-state index in [4.69, 9.17) is 0 Å². The van der Waals surface area contributed by atoms with Crippen molar-refractivity contribution in [1.29, 1.82) is 0 Å². The first-order valence-electron chi connectivity index (χ1n) is 7.24. The van der Waals surface area contributed by atoms with Crippen molar-refractivity contribution in [3.63, 3.8) is 0 Å². The fourth-order valence-electron chi connectivity index (χ4n) is 2.83. The van der Waals surface area contributed by atoms with E-state index in [9.17, 15) is 15.2 Å². The number of hydrogen-bond donors (Lipinski definition) is 1. The highest BCUT2D eigenvalue weighted by atomic mass is 16.6. The second kappa shape index (κ2) is 6.22. The molecule has 0 amide bonds. The Bertz CT molecular complexity index is 488. The minimum absolute atomic E-state index is 0.0974. The zero-order chi connectivity index (χ0) is 14.7. The molecule has 20 heavy (non-hydrogen) atoms. The van der Waals surface area contributed by atoms with Gasteiger partial charge in [0.05, 0.1) is 11.0 Å². The molecular weight excluding hydrogens is 256 g/mol. The third-order valence-electron chi connectivity index (χ3n) is 4.12. The lowest BCUT2D eigenvalue weighted by Gasteiger charge is -2.33. The number of hydrogen-bond acceptors (Lipinski definition) is 4. The van der Waals surface area contributed by atoms with E-state index >= 15 is 0 Å². The molecule has 1 aliphatic heterocycles. The van der Waals surface area contributed by atoms with E-state index in [1.807, 2.05) is 0 Å². The molecule has 1 saturated heterocycles. The Labute approximate surface area is 119 Å². The van der Waals surface area contributed by atoms with Crippen LogP contribution in [0.4, 0.5) is 11.4 Å². The Hall–Kier alpha value is -1.62. The van der Waals surface area contributed by atoms with E-state index in [1.54, 1.807) is 19.1 Å². The van der Waals surface area contributed by atoms with Crippen molar-refractivity contribution >= 4 is 11.4 Å². The summed E-state index contributed by atoms with van der Waals surface area (Å²) >= 11 is 0. The minimum Gasteiger partial charge on any atom is -0.389 e. The fourth-order valence-corrected chi connectivity index (χ4v) is 2.83. The standard InChI is InChI=1S/C15H22N2O3/c1-3-12-5-4-8-16(10-12)14-7-6-13(11(2)18)9-15(14)17(19)20/h6-7,9,11-12,18H,3-5,8,10H2,1-2H3/t11-,12?/m0/s1. The molecule has 5 nitrogen and oxygen atoms in total. The number of aliphatic hydroxyl groups is 1. The Morgan fingerprint density at radius 1 is 1.55 bits per heavy atom.